The van der Waals surface area contributed by atoms with Gasteiger partial charge in [0.25, 0.3) is 0 Å². The average Bonchev–Trinajstić information content (AvgIpc) is 3.85. The van der Waals surface area contributed by atoms with Crippen molar-refractivity contribution in [1.29, 1.82) is 0 Å². The van der Waals surface area contributed by atoms with E-state index < -0.39 is 36.8 Å². The Hall–Kier alpha value is 0.517. The molecule has 0 saturated carbocycles. The van der Waals surface area contributed by atoms with Gasteiger partial charge in [0, 0.05) is 0 Å². The Bertz CT molecular complexity index is 1210. The summed E-state index contributed by atoms with van der Waals surface area (Å²) in [5.41, 5.74) is 0. The van der Waals surface area contributed by atoms with Gasteiger partial charge in [-0.05, 0) is 0 Å². The fourth-order valence-corrected chi connectivity index (χ4v) is 49.3. The summed E-state index contributed by atoms with van der Waals surface area (Å²) in [5.74, 6) is 0. The van der Waals surface area contributed by atoms with Gasteiger partial charge in [-0.15, -0.1) is 0 Å². The van der Waals surface area contributed by atoms with Crippen LogP contribution in [0.4, 0.5) is 0 Å². The molecule has 0 amide bonds. The normalized spacial score (nSPS) is 12.6. The Morgan fingerprint density at radius 2 is 0.727 bits per heavy atom. The number of aromatic nitrogens is 2. The van der Waals surface area contributed by atoms with E-state index in [-0.39, 0.29) is 0 Å². The van der Waals surface area contributed by atoms with Crippen LogP contribution < -0.4 is 5.79 Å². The predicted octanol–water partition coefficient (Wildman–Crippen LogP) is 13.3. The van der Waals surface area contributed by atoms with Gasteiger partial charge in [-0.3, -0.25) is 0 Å². The molecule has 2 nitrogen and oxygen atoms in total. The van der Waals surface area contributed by atoms with E-state index in [9.17, 15) is 0 Å². The van der Waals surface area contributed by atoms with Crippen LogP contribution in [0.1, 0.15) is 119 Å². The molecule has 0 atom stereocenters. The van der Waals surface area contributed by atoms with Gasteiger partial charge in [-0.25, -0.2) is 0 Å². The van der Waals surface area contributed by atoms with Gasteiger partial charge in [-0.1, -0.05) is 0 Å². The van der Waals surface area contributed by atoms with Gasteiger partial charge in [-0.2, -0.15) is 0 Å². The fraction of sp³-hybridized carbons (Fsp3) is 0.667. The molecule has 4 heterocycles. The summed E-state index contributed by atoms with van der Waals surface area (Å²) in [6.45, 7) is 14.3. The van der Waals surface area contributed by atoms with Crippen molar-refractivity contribution in [3.63, 3.8) is 0 Å². The zero-order chi connectivity index (χ0) is 31.4. The number of nitrogens with zero attached hydrogens (tertiary/aromatic N) is 2. The summed E-state index contributed by atoms with van der Waals surface area (Å²) < 4.78 is 12.8. The van der Waals surface area contributed by atoms with Crippen molar-refractivity contribution < 1.29 is 0 Å². The number of unbranched alkanes of at least 4 members (excludes halogenated alkanes) is 6. The van der Waals surface area contributed by atoms with Crippen molar-refractivity contribution in [3.8, 4) is 19.8 Å². The van der Waals surface area contributed by atoms with Crippen molar-refractivity contribution >= 4 is 97.5 Å². The van der Waals surface area contributed by atoms with Crippen LogP contribution in [0.2, 0.25) is 26.6 Å². The van der Waals surface area contributed by atoms with E-state index in [0.29, 0.717) is 0 Å². The van der Waals surface area contributed by atoms with Crippen LogP contribution in [-0.2, 0) is 0 Å². The quantitative estimate of drug-likeness (QED) is 0.0735. The molecule has 8 heteroatoms. The minimum atomic E-state index is -2.40. The Kier molecular flexibility index (Phi) is 16.0. The summed E-state index contributed by atoms with van der Waals surface area (Å²) in [6, 6.07) is 9.93. The SMILES string of the molecule is CCC[CH2][Sn]([CH2]CCC)([CH2]CCC)[c]1ccc(-c2nc3sc(-c4cc[c]([Sn]([CH2]CCC)([CH2]CCC)[CH2]CCC)s4)nc3s2)s1. The van der Waals surface area contributed by atoms with Crippen molar-refractivity contribution in [2.24, 2.45) is 0 Å². The molecule has 0 N–H and O–H groups in total. The molecule has 0 aliphatic carbocycles. The first-order chi connectivity index (χ1) is 21.5. The van der Waals surface area contributed by atoms with E-state index in [1.54, 1.807) is 0 Å². The molecule has 0 radical (unpaired) electrons. The van der Waals surface area contributed by atoms with Gasteiger partial charge >= 0.3 is 297 Å². The molecule has 4 rings (SSSR count). The standard InChI is InChI=1S/C12H4N2S4.6C4H9.2Sn/c1-3-7(15-5-1)9-13-11-12(17-9)14-10(18-11)8-4-2-6-16-8;6*1-3-4-2;;/h1-4H;6*1,3-4H2,2H3;;. The molecule has 0 aliphatic heterocycles. The summed E-state index contributed by atoms with van der Waals surface area (Å²) in [7, 11) is 0. The van der Waals surface area contributed by atoms with Crippen LogP contribution in [0.3, 0.4) is 0 Å². The maximum atomic E-state index is 5.21. The molecule has 0 saturated heterocycles. The number of hydrogen-bond acceptors (Lipinski definition) is 6. The van der Waals surface area contributed by atoms with Crippen molar-refractivity contribution in [2.75, 3.05) is 0 Å². The van der Waals surface area contributed by atoms with Crippen LogP contribution in [-0.4, -0.2) is 46.7 Å². The van der Waals surface area contributed by atoms with E-state index in [4.69, 9.17) is 9.97 Å². The number of thiophene rings is 2. The molecule has 4 aromatic rings. The molecule has 4 aromatic heterocycles. The molecule has 0 bridgehead atoms. The maximum absolute atomic E-state index is 5.21. The number of rotatable bonds is 22. The minimum absolute atomic E-state index is 1.14. The van der Waals surface area contributed by atoms with Crippen molar-refractivity contribution in [3.05, 3.63) is 24.3 Å². The Morgan fingerprint density at radius 1 is 0.432 bits per heavy atom. The number of thiazole rings is 2. The monoisotopic (exact) mass is 886 g/mol. The van der Waals surface area contributed by atoms with Gasteiger partial charge in [0.2, 0.25) is 0 Å². The molecule has 0 aliphatic rings. The van der Waals surface area contributed by atoms with Crippen molar-refractivity contribution in [2.45, 2.75) is 145 Å². The molecular weight excluding hydrogens is 826 g/mol. The average molecular weight is 885 g/mol. The van der Waals surface area contributed by atoms with E-state index in [0.717, 1.165) is 9.66 Å². The van der Waals surface area contributed by atoms with E-state index in [2.05, 4.69) is 88.5 Å². The predicted molar refractivity (Wildman–Crippen MR) is 211 cm³/mol. The summed E-state index contributed by atoms with van der Waals surface area (Å²) in [4.78, 5) is 15.5. The zero-order valence-corrected chi connectivity index (χ0v) is 37.5. The second-order valence-corrected chi connectivity index (χ2v) is 45.6. The molecule has 0 aromatic carbocycles. The fourth-order valence-electron chi connectivity index (χ4n) is 6.91. The van der Waals surface area contributed by atoms with Crippen LogP contribution in [0.15, 0.2) is 24.3 Å². The Labute approximate surface area is 293 Å². The third-order valence-corrected chi connectivity index (χ3v) is 50.8. The first-order valence-corrected chi connectivity index (χ1v) is 36.2. The molecular formula is C36H58N2S4Sn2. The third-order valence-electron chi connectivity index (χ3n) is 9.71. The third kappa shape index (κ3) is 9.35. The first kappa shape index (κ1) is 37.3. The van der Waals surface area contributed by atoms with Gasteiger partial charge in [0.15, 0.2) is 0 Å². The topological polar surface area (TPSA) is 25.8 Å². The van der Waals surface area contributed by atoms with Crippen molar-refractivity contribution in [1.82, 2.24) is 9.97 Å². The van der Waals surface area contributed by atoms with Gasteiger partial charge in [0.1, 0.15) is 0 Å². The van der Waals surface area contributed by atoms with Gasteiger partial charge in [0.05, 0.1) is 0 Å². The summed E-state index contributed by atoms with van der Waals surface area (Å²) >= 11 is 3.09. The summed E-state index contributed by atoms with van der Waals surface area (Å²) in [5, 5.41) is 2.40. The van der Waals surface area contributed by atoms with Crippen LogP contribution in [0.5, 0.6) is 0 Å². The zero-order valence-electron chi connectivity index (χ0n) is 28.6. The van der Waals surface area contributed by atoms with Gasteiger partial charge < -0.3 is 0 Å². The Morgan fingerprint density at radius 3 is 1.00 bits per heavy atom. The molecule has 0 unspecified atom stereocenters. The van der Waals surface area contributed by atoms with E-state index >= 15 is 0 Å². The second kappa shape index (κ2) is 18.9. The molecule has 0 spiro atoms. The number of hydrogen-bond donors (Lipinski definition) is 0. The number of fused-ring (bicyclic) bond motifs is 1. The van der Waals surface area contributed by atoms with Crippen LogP contribution in [0, 0.1) is 0 Å². The second-order valence-electron chi connectivity index (χ2n) is 13.2. The van der Waals surface area contributed by atoms with E-state index in [1.807, 2.05) is 28.5 Å². The molecule has 244 valence electrons. The first-order valence-electron chi connectivity index (χ1n) is 18.0. The van der Waals surface area contributed by atoms with E-state index in [1.165, 1.54) is 123 Å². The Balaban J connectivity index is 1.59. The summed E-state index contributed by atoms with van der Waals surface area (Å²) in [6.07, 6.45) is 16.5. The molecule has 0 fully saturated rings. The molecule has 44 heavy (non-hydrogen) atoms. The van der Waals surface area contributed by atoms with Crippen LogP contribution >= 0.6 is 45.3 Å². The van der Waals surface area contributed by atoms with Crippen LogP contribution in [0.25, 0.3) is 29.4 Å².